The number of ether oxygens (including phenoxy) is 1. The van der Waals surface area contributed by atoms with Crippen molar-refractivity contribution in [2.45, 2.75) is 46.3 Å². The molecule has 21 heavy (non-hydrogen) atoms. The smallest absolute Gasteiger partial charge is 0.131 e. The standard InChI is InChI=1S/C17H24N2OS/c1-4-9-18-10-14-5-7-16(8-6-14)20-11-15-12-21-17(19-15)13(2)3/h5-8,12-13,18H,4,9-11H2,1-3H3. The Bertz CT molecular complexity index is 534. The van der Waals surface area contributed by atoms with Crippen LogP contribution in [0.15, 0.2) is 29.6 Å². The van der Waals surface area contributed by atoms with Crippen molar-refractivity contribution in [2.75, 3.05) is 6.54 Å². The van der Waals surface area contributed by atoms with Crippen molar-refractivity contribution in [3.63, 3.8) is 0 Å². The summed E-state index contributed by atoms with van der Waals surface area (Å²) in [5, 5.41) is 6.65. The molecule has 0 aliphatic carbocycles. The number of thiazole rings is 1. The molecule has 0 aliphatic rings. The third kappa shape index (κ3) is 5.14. The van der Waals surface area contributed by atoms with Gasteiger partial charge in [0.2, 0.25) is 0 Å². The molecule has 0 saturated carbocycles. The molecule has 0 radical (unpaired) electrons. The van der Waals surface area contributed by atoms with Crippen molar-refractivity contribution in [3.8, 4) is 5.75 Å². The van der Waals surface area contributed by atoms with Crippen LogP contribution in [-0.2, 0) is 13.2 Å². The Morgan fingerprint density at radius 2 is 2.00 bits per heavy atom. The van der Waals surface area contributed by atoms with Gasteiger partial charge in [-0.1, -0.05) is 32.9 Å². The Morgan fingerprint density at radius 3 is 2.62 bits per heavy atom. The van der Waals surface area contributed by atoms with Crippen LogP contribution < -0.4 is 10.1 Å². The number of rotatable bonds is 8. The fourth-order valence-corrected chi connectivity index (χ4v) is 2.74. The highest BCUT2D eigenvalue weighted by atomic mass is 32.1. The molecule has 0 spiro atoms. The first kappa shape index (κ1) is 16.0. The van der Waals surface area contributed by atoms with E-state index in [-0.39, 0.29) is 0 Å². The van der Waals surface area contributed by atoms with E-state index in [0.29, 0.717) is 12.5 Å². The summed E-state index contributed by atoms with van der Waals surface area (Å²) in [6, 6.07) is 8.27. The van der Waals surface area contributed by atoms with Crippen LogP contribution >= 0.6 is 11.3 Å². The summed E-state index contributed by atoms with van der Waals surface area (Å²) in [7, 11) is 0. The van der Waals surface area contributed by atoms with Crippen LogP contribution in [0.4, 0.5) is 0 Å². The van der Waals surface area contributed by atoms with Gasteiger partial charge in [-0.15, -0.1) is 11.3 Å². The van der Waals surface area contributed by atoms with E-state index in [1.54, 1.807) is 11.3 Å². The fraction of sp³-hybridized carbons (Fsp3) is 0.471. The van der Waals surface area contributed by atoms with Crippen LogP contribution in [0.3, 0.4) is 0 Å². The van der Waals surface area contributed by atoms with Crippen molar-refractivity contribution < 1.29 is 4.74 Å². The number of nitrogens with zero attached hydrogens (tertiary/aromatic N) is 1. The van der Waals surface area contributed by atoms with Gasteiger partial charge in [-0.25, -0.2) is 4.98 Å². The quantitative estimate of drug-likeness (QED) is 0.736. The molecule has 2 rings (SSSR count). The maximum Gasteiger partial charge on any atom is 0.131 e. The molecule has 1 aromatic heterocycles. The molecule has 1 heterocycles. The first-order valence-corrected chi connectivity index (χ1v) is 8.43. The minimum Gasteiger partial charge on any atom is -0.487 e. The second-order valence-corrected chi connectivity index (χ2v) is 6.33. The molecule has 1 aromatic carbocycles. The molecular weight excluding hydrogens is 280 g/mol. The summed E-state index contributed by atoms with van der Waals surface area (Å²) >= 11 is 1.71. The lowest BCUT2D eigenvalue weighted by Crippen LogP contribution is -2.13. The van der Waals surface area contributed by atoms with Crippen molar-refractivity contribution in [2.24, 2.45) is 0 Å². The number of nitrogens with one attached hydrogen (secondary N) is 1. The zero-order valence-electron chi connectivity index (χ0n) is 13.1. The highest BCUT2D eigenvalue weighted by molar-refractivity contribution is 7.09. The summed E-state index contributed by atoms with van der Waals surface area (Å²) in [6.45, 7) is 9.01. The van der Waals surface area contributed by atoms with E-state index >= 15 is 0 Å². The summed E-state index contributed by atoms with van der Waals surface area (Å²) in [6.07, 6.45) is 1.16. The topological polar surface area (TPSA) is 34.1 Å². The minimum absolute atomic E-state index is 0.485. The molecule has 4 heteroatoms. The van der Waals surface area contributed by atoms with Gasteiger partial charge in [0.25, 0.3) is 0 Å². The van der Waals surface area contributed by atoms with Gasteiger partial charge in [0.15, 0.2) is 0 Å². The zero-order chi connectivity index (χ0) is 15.1. The van der Waals surface area contributed by atoms with Gasteiger partial charge in [0, 0.05) is 17.8 Å². The van der Waals surface area contributed by atoms with E-state index < -0.39 is 0 Å². The van der Waals surface area contributed by atoms with E-state index in [9.17, 15) is 0 Å². The van der Waals surface area contributed by atoms with Crippen molar-refractivity contribution in [1.29, 1.82) is 0 Å². The molecule has 0 saturated heterocycles. The van der Waals surface area contributed by atoms with Crippen molar-refractivity contribution in [1.82, 2.24) is 10.3 Å². The maximum absolute atomic E-state index is 5.79. The monoisotopic (exact) mass is 304 g/mol. The molecule has 2 aromatic rings. The van der Waals surface area contributed by atoms with Gasteiger partial charge in [0.05, 0.1) is 10.7 Å². The zero-order valence-corrected chi connectivity index (χ0v) is 13.9. The van der Waals surface area contributed by atoms with E-state index in [1.165, 1.54) is 10.6 Å². The molecule has 0 fully saturated rings. The van der Waals surface area contributed by atoms with Gasteiger partial charge in [-0.05, 0) is 30.7 Å². The van der Waals surface area contributed by atoms with Gasteiger partial charge < -0.3 is 10.1 Å². The van der Waals surface area contributed by atoms with Crippen LogP contribution in [0, 0.1) is 0 Å². The second kappa shape index (κ2) is 8.15. The van der Waals surface area contributed by atoms with Crippen molar-refractivity contribution >= 4 is 11.3 Å². The molecule has 1 N–H and O–H groups in total. The minimum atomic E-state index is 0.485. The lowest BCUT2D eigenvalue weighted by atomic mass is 10.2. The lowest BCUT2D eigenvalue weighted by molar-refractivity contribution is 0.301. The van der Waals surface area contributed by atoms with Gasteiger partial charge in [-0.2, -0.15) is 0 Å². The molecule has 0 aliphatic heterocycles. The van der Waals surface area contributed by atoms with Crippen LogP contribution in [0.1, 0.15) is 49.4 Å². The molecular formula is C17H24N2OS. The van der Waals surface area contributed by atoms with Crippen LogP contribution in [0.2, 0.25) is 0 Å². The van der Waals surface area contributed by atoms with Gasteiger partial charge >= 0.3 is 0 Å². The normalized spacial score (nSPS) is 11.0. The van der Waals surface area contributed by atoms with Gasteiger partial charge in [0.1, 0.15) is 12.4 Å². The lowest BCUT2D eigenvalue weighted by Gasteiger charge is -2.07. The Balaban J connectivity index is 1.82. The van der Waals surface area contributed by atoms with Gasteiger partial charge in [-0.3, -0.25) is 0 Å². The van der Waals surface area contributed by atoms with E-state index in [0.717, 1.165) is 31.0 Å². The fourth-order valence-electron chi connectivity index (χ4n) is 1.92. The summed E-state index contributed by atoms with van der Waals surface area (Å²) in [4.78, 5) is 4.58. The third-order valence-corrected chi connectivity index (χ3v) is 4.32. The van der Waals surface area contributed by atoms with E-state index in [1.807, 2.05) is 12.1 Å². The predicted octanol–water partition coefficient (Wildman–Crippen LogP) is 4.35. The van der Waals surface area contributed by atoms with Crippen LogP contribution in [0.25, 0.3) is 0 Å². The number of benzene rings is 1. The van der Waals surface area contributed by atoms with Crippen molar-refractivity contribution in [3.05, 3.63) is 45.9 Å². The Kier molecular flexibility index (Phi) is 6.21. The number of hydrogen-bond donors (Lipinski definition) is 1. The third-order valence-electron chi connectivity index (χ3n) is 3.13. The summed E-state index contributed by atoms with van der Waals surface area (Å²) < 4.78 is 5.79. The molecule has 0 bridgehead atoms. The molecule has 3 nitrogen and oxygen atoms in total. The summed E-state index contributed by atoms with van der Waals surface area (Å²) in [5.41, 5.74) is 2.30. The Hall–Kier alpha value is -1.39. The summed E-state index contributed by atoms with van der Waals surface area (Å²) in [5.74, 6) is 1.38. The predicted molar refractivity (Wildman–Crippen MR) is 89.0 cm³/mol. The molecule has 0 amide bonds. The number of hydrogen-bond acceptors (Lipinski definition) is 4. The largest absolute Gasteiger partial charge is 0.487 e. The van der Waals surface area contributed by atoms with Crippen LogP contribution in [0.5, 0.6) is 5.75 Å². The highest BCUT2D eigenvalue weighted by Crippen LogP contribution is 2.20. The van der Waals surface area contributed by atoms with E-state index in [2.05, 4.69) is 48.6 Å². The van der Waals surface area contributed by atoms with Crippen LogP contribution in [-0.4, -0.2) is 11.5 Å². The SMILES string of the molecule is CCCNCc1ccc(OCc2csc(C(C)C)n2)cc1. The maximum atomic E-state index is 5.79. The first-order valence-electron chi connectivity index (χ1n) is 7.55. The molecule has 0 atom stereocenters. The first-order chi connectivity index (χ1) is 10.2. The molecule has 0 unspecified atom stereocenters. The second-order valence-electron chi connectivity index (χ2n) is 5.44. The highest BCUT2D eigenvalue weighted by Gasteiger charge is 2.06. The Morgan fingerprint density at radius 1 is 1.24 bits per heavy atom. The average molecular weight is 304 g/mol. The Labute approximate surface area is 131 Å². The molecule has 114 valence electrons. The van der Waals surface area contributed by atoms with E-state index in [4.69, 9.17) is 4.74 Å². The number of aromatic nitrogens is 1. The average Bonchev–Trinajstić information content (AvgIpc) is 2.96.